The number of nitrogens with one attached hydrogen (secondary N) is 1. The number of anilines is 2. The Morgan fingerprint density at radius 2 is 1.95 bits per heavy atom. The summed E-state index contributed by atoms with van der Waals surface area (Å²) in [6, 6.07) is 1.33. The molecule has 0 atom stereocenters. The number of nitrogens with zero attached hydrogens (tertiary/aromatic N) is 2. The molecule has 1 aliphatic rings. The van der Waals surface area contributed by atoms with Gasteiger partial charge in [0.1, 0.15) is 11.6 Å². The fraction of sp³-hybridized carbons (Fsp3) is 0.667. The van der Waals surface area contributed by atoms with E-state index in [0.717, 1.165) is 25.7 Å². The molecule has 4 nitrogen and oxygen atoms in total. The first-order chi connectivity index (χ1) is 8.78. The average Bonchev–Trinajstić information content (AvgIpc) is 2.72. The molecule has 0 aliphatic heterocycles. The predicted octanol–water partition coefficient (Wildman–Crippen LogP) is 3.07. The van der Waals surface area contributed by atoms with Gasteiger partial charge in [-0.15, -0.1) is 0 Å². The Kier molecular flexibility index (Phi) is 3.56. The van der Waals surface area contributed by atoms with E-state index in [2.05, 4.69) is 22.2 Å². The van der Waals surface area contributed by atoms with Gasteiger partial charge in [0, 0.05) is 12.6 Å². The molecule has 1 aromatic rings. The second-order valence-corrected chi connectivity index (χ2v) is 5.37. The van der Waals surface area contributed by atoms with Crippen molar-refractivity contribution in [1.29, 1.82) is 0 Å². The Morgan fingerprint density at radius 1 is 1.32 bits per heavy atom. The number of nitrogen functional groups attached to an aromatic ring is 1. The normalized spacial score (nSPS) is 18.5. The average molecular weight is 274 g/mol. The molecule has 0 saturated heterocycles. The van der Waals surface area contributed by atoms with Gasteiger partial charge < -0.3 is 11.1 Å². The third-order valence-electron chi connectivity index (χ3n) is 3.51. The number of hydrogen-bond donors (Lipinski definition) is 2. The highest BCUT2D eigenvalue weighted by molar-refractivity contribution is 5.45. The number of rotatable bonds is 3. The van der Waals surface area contributed by atoms with Gasteiger partial charge in [0.05, 0.1) is 0 Å². The van der Waals surface area contributed by atoms with Crippen LogP contribution in [-0.2, 0) is 6.18 Å². The summed E-state index contributed by atoms with van der Waals surface area (Å²) in [4.78, 5) is 6.67. The van der Waals surface area contributed by atoms with Crippen LogP contribution in [0.25, 0.3) is 0 Å². The zero-order chi connectivity index (χ0) is 14.1. The Bertz CT molecular complexity index is 453. The molecular weight excluding hydrogens is 257 g/mol. The van der Waals surface area contributed by atoms with Crippen molar-refractivity contribution in [2.75, 3.05) is 17.6 Å². The minimum absolute atomic E-state index is 0.123. The summed E-state index contributed by atoms with van der Waals surface area (Å²) >= 11 is 0. The predicted molar refractivity (Wildman–Crippen MR) is 66.5 cm³/mol. The monoisotopic (exact) mass is 274 g/mol. The number of nitrogens with two attached hydrogens (primary N) is 1. The SMILES string of the molecule is CC1(CNc2cc(N)nc(C(F)(F)F)n2)CCCC1. The smallest absolute Gasteiger partial charge is 0.384 e. The van der Waals surface area contributed by atoms with Crippen LogP contribution < -0.4 is 11.1 Å². The fourth-order valence-corrected chi connectivity index (χ4v) is 2.39. The zero-order valence-electron chi connectivity index (χ0n) is 10.7. The highest BCUT2D eigenvalue weighted by atomic mass is 19.4. The molecule has 1 heterocycles. The quantitative estimate of drug-likeness (QED) is 0.889. The van der Waals surface area contributed by atoms with Gasteiger partial charge in [0.2, 0.25) is 5.82 Å². The molecule has 0 bridgehead atoms. The van der Waals surface area contributed by atoms with Crippen molar-refractivity contribution in [2.24, 2.45) is 5.41 Å². The summed E-state index contributed by atoms with van der Waals surface area (Å²) in [7, 11) is 0. The van der Waals surface area contributed by atoms with E-state index in [4.69, 9.17) is 5.73 Å². The highest BCUT2D eigenvalue weighted by Gasteiger charge is 2.35. The van der Waals surface area contributed by atoms with Gasteiger partial charge in [0.25, 0.3) is 0 Å². The first-order valence-corrected chi connectivity index (χ1v) is 6.24. The molecule has 1 fully saturated rings. The van der Waals surface area contributed by atoms with Crippen molar-refractivity contribution in [3.05, 3.63) is 11.9 Å². The molecule has 0 aromatic carbocycles. The van der Waals surface area contributed by atoms with Gasteiger partial charge in [-0.1, -0.05) is 19.8 Å². The van der Waals surface area contributed by atoms with Gasteiger partial charge in [0.15, 0.2) is 0 Å². The van der Waals surface area contributed by atoms with Gasteiger partial charge in [-0.2, -0.15) is 13.2 Å². The second kappa shape index (κ2) is 4.86. The number of alkyl halides is 3. The lowest BCUT2D eigenvalue weighted by Crippen LogP contribution is -2.24. The van der Waals surface area contributed by atoms with Crippen LogP contribution in [0, 0.1) is 5.41 Å². The molecule has 0 radical (unpaired) electrons. The van der Waals surface area contributed by atoms with Crippen molar-refractivity contribution >= 4 is 11.6 Å². The summed E-state index contributed by atoms with van der Waals surface area (Å²) in [5.41, 5.74) is 5.50. The molecule has 0 amide bonds. The van der Waals surface area contributed by atoms with E-state index < -0.39 is 12.0 Å². The number of hydrogen-bond acceptors (Lipinski definition) is 4. The Hall–Kier alpha value is -1.53. The molecule has 0 spiro atoms. The van der Waals surface area contributed by atoms with Crippen molar-refractivity contribution in [3.8, 4) is 0 Å². The van der Waals surface area contributed by atoms with Crippen LogP contribution in [0.3, 0.4) is 0 Å². The van der Waals surface area contributed by atoms with Crippen molar-refractivity contribution < 1.29 is 13.2 Å². The second-order valence-electron chi connectivity index (χ2n) is 5.37. The lowest BCUT2D eigenvalue weighted by atomic mass is 9.89. The first kappa shape index (κ1) is 13.9. The maximum absolute atomic E-state index is 12.6. The van der Waals surface area contributed by atoms with E-state index in [-0.39, 0.29) is 17.1 Å². The van der Waals surface area contributed by atoms with Gasteiger partial charge >= 0.3 is 6.18 Å². The maximum atomic E-state index is 12.6. The Morgan fingerprint density at radius 3 is 2.53 bits per heavy atom. The molecule has 0 unspecified atom stereocenters. The fourth-order valence-electron chi connectivity index (χ4n) is 2.39. The van der Waals surface area contributed by atoms with Crippen LogP contribution in [0.15, 0.2) is 6.07 Å². The highest BCUT2D eigenvalue weighted by Crippen LogP contribution is 2.37. The molecule has 1 aromatic heterocycles. The number of halogens is 3. The van der Waals surface area contributed by atoms with Crippen LogP contribution in [0.4, 0.5) is 24.8 Å². The zero-order valence-corrected chi connectivity index (χ0v) is 10.7. The summed E-state index contributed by atoms with van der Waals surface area (Å²) in [6.45, 7) is 2.73. The topological polar surface area (TPSA) is 63.8 Å². The van der Waals surface area contributed by atoms with E-state index in [0.29, 0.717) is 6.54 Å². The number of aromatic nitrogens is 2. The van der Waals surface area contributed by atoms with Crippen LogP contribution >= 0.6 is 0 Å². The minimum Gasteiger partial charge on any atom is -0.384 e. The van der Waals surface area contributed by atoms with Crippen LogP contribution in [0.1, 0.15) is 38.4 Å². The standard InChI is InChI=1S/C12H17F3N4/c1-11(4-2-3-5-11)7-17-9-6-8(16)18-10(19-9)12(13,14)15/h6H,2-5,7H2,1H3,(H3,16,17,18,19). The van der Waals surface area contributed by atoms with Gasteiger partial charge in [-0.3, -0.25) is 0 Å². The van der Waals surface area contributed by atoms with Crippen molar-refractivity contribution in [2.45, 2.75) is 38.8 Å². The summed E-state index contributed by atoms with van der Waals surface area (Å²) in [5, 5.41) is 2.95. The summed E-state index contributed by atoms with van der Waals surface area (Å²) in [6.07, 6.45) is -0.0990. The molecule has 7 heteroatoms. The van der Waals surface area contributed by atoms with Crippen molar-refractivity contribution in [1.82, 2.24) is 9.97 Å². The molecule has 3 N–H and O–H groups in total. The molecule has 1 aliphatic carbocycles. The van der Waals surface area contributed by atoms with E-state index in [1.807, 2.05) is 0 Å². The third kappa shape index (κ3) is 3.48. The van der Waals surface area contributed by atoms with E-state index in [1.54, 1.807) is 0 Å². The molecule has 1 saturated carbocycles. The summed E-state index contributed by atoms with van der Waals surface area (Å²) in [5.74, 6) is -1.25. The van der Waals surface area contributed by atoms with Gasteiger partial charge in [-0.25, -0.2) is 9.97 Å². The third-order valence-corrected chi connectivity index (χ3v) is 3.51. The molecular formula is C12H17F3N4. The summed E-state index contributed by atoms with van der Waals surface area (Å²) < 4.78 is 37.7. The van der Waals surface area contributed by atoms with E-state index >= 15 is 0 Å². The maximum Gasteiger partial charge on any atom is 0.451 e. The lowest BCUT2D eigenvalue weighted by molar-refractivity contribution is -0.144. The lowest BCUT2D eigenvalue weighted by Gasteiger charge is -2.24. The Labute approximate surface area is 109 Å². The van der Waals surface area contributed by atoms with Crippen molar-refractivity contribution in [3.63, 3.8) is 0 Å². The van der Waals surface area contributed by atoms with Crippen LogP contribution in [0.2, 0.25) is 0 Å². The van der Waals surface area contributed by atoms with Crippen LogP contribution in [-0.4, -0.2) is 16.5 Å². The minimum atomic E-state index is -4.58. The van der Waals surface area contributed by atoms with E-state index in [9.17, 15) is 13.2 Å². The molecule has 19 heavy (non-hydrogen) atoms. The molecule has 2 rings (SSSR count). The molecule has 106 valence electrons. The first-order valence-electron chi connectivity index (χ1n) is 6.24. The van der Waals surface area contributed by atoms with Gasteiger partial charge in [-0.05, 0) is 18.3 Å². The van der Waals surface area contributed by atoms with Crippen LogP contribution in [0.5, 0.6) is 0 Å². The Balaban J connectivity index is 2.10. The largest absolute Gasteiger partial charge is 0.451 e. The van der Waals surface area contributed by atoms with E-state index in [1.165, 1.54) is 6.07 Å².